The topological polar surface area (TPSA) is 208 Å². The fourth-order valence-corrected chi connectivity index (χ4v) is 2.72. The lowest BCUT2D eigenvalue weighted by Gasteiger charge is -2.28. The monoisotopic (exact) mass is 493 g/mol. The molecule has 0 aliphatic carbocycles. The number of hydrogen-bond donors (Lipinski definition) is 8. The molecule has 0 bridgehead atoms. The van der Waals surface area contributed by atoms with Gasteiger partial charge in [0, 0.05) is 26.2 Å². The largest absolute Gasteiger partial charge is 0.328 e. The minimum absolute atomic E-state index is 0.0268. The standard InChI is InChI=1S/C9H27N3O12P4/c1-10(6-21-25(13)14)2-3-11(7-22-26(15)16)4-5-12(8-23-27(17)18)9-24-28(19)20/h13-20H,2-9H2,1H3. The Morgan fingerprint density at radius 3 is 1.25 bits per heavy atom. The third-order valence-corrected chi connectivity index (χ3v) is 4.38. The Labute approximate surface area is 167 Å². The zero-order valence-corrected chi connectivity index (χ0v) is 18.6. The van der Waals surface area contributed by atoms with E-state index in [0.717, 1.165) is 0 Å². The van der Waals surface area contributed by atoms with Crippen molar-refractivity contribution < 1.29 is 57.2 Å². The second-order valence-electron chi connectivity index (χ2n) is 5.14. The number of nitrogens with zero attached hydrogens (tertiary/aromatic N) is 3. The van der Waals surface area contributed by atoms with Crippen molar-refractivity contribution in [2.45, 2.75) is 0 Å². The highest BCUT2D eigenvalue weighted by Crippen LogP contribution is 2.27. The molecular formula is C9H27N3O12P4. The summed E-state index contributed by atoms with van der Waals surface area (Å²) < 4.78 is 18.9. The molecule has 0 amide bonds. The first kappa shape index (κ1) is 29.1. The van der Waals surface area contributed by atoms with Crippen LogP contribution in [0.4, 0.5) is 0 Å². The molecule has 0 aromatic carbocycles. The van der Waals surface area contributed by atoms with Crippen molar-refractivity contribution in [2.24, 2.45) is 0 Å². The van der Waals surface area contributed by atoms with Gasteiger partial charge in [-0.15, -0.1) is 0 Å². The molecule has 0 radical (unpaired) electrons. The first-order valence-corrected chi connectivity index (χ1v) is 12.1. The van der Waals surface area contributed by atoms with Crippen LogP contribution in [0.1, 0.15) is 0 Å². The average molecular weight is 493 g/mol. The van der Waals surface area contributed by atoms with E-state index in [0.29, 0.717) is 13.1 Å². The lowest BCUT2D eigenvalue weighted by Crippen LogP contribution is -2.41. The van der Waals surface area contributed by atoms with Crippen LogP contribution in [-0.4, -0.2) is 114 Å². The summed E-state index contributed by atoms with van der Waals surface area (Å²) in [4.78, 5) is 75.4. The van der Waals surface area contributed by atoms with Crippen LogP contribution in [0.3, 0.4) is 0 Å². The van der Waals surface area contributed by atoms with Crippen LogP contribution in [0.25, 0.3) is 0 Å². The van der Waals surface area contributed by atoms with E-state index in [1.807, 2.05) is 0 Å². The molecular weight excluding hydrogens is 466 g/mol. The molecule has 170 valence electrons. The number of rotatable bonds is 18. The van der Waals surface area contributed by atoms with Crippen LogP contribution in [0, 0.1) is 0 Å². The van der Waals surface area contributed by atoms with Crippen LogP contribution in [0.15, 0.2) is 0 Å². The Hall–Kier alpha value is 1.12. The van der Waals surface area contributed by atoms with Crippen LogP contribution in [0.2, 0.25) is 0 Å². The highest BCUT2D eigenvalue weighted by Gasteiger charge is 2.15. The van der Waals surface area contributed by atoms with E-state index in [4.69, 9.17) is 43.7 Å². The number of likely N-dealkylation sites (N-methyl/N-ethyl adjacent to an activating group) is 1. The summed E-state index contributed by atoms with van der Waals surface area (Å²) in [7, 11) is -8.57. The first-order chi connectivity index (χ1) is 13.1. The summed E-state index contributed by atoms with van der Waals surface area (Å²) in [6, 6.07) is 0. The smallest absolute Gasteiger partial charge is 0.328 e. The van der Waals surface area contributed by atoms with Crippen molar-refractivity contribution in [3.8, 4) is 0 Å². The molecule has 0 aromatic heterocycles. The Kier molecular flexibility index (Phi) is 18.5. The van der Waals surface area contributed by atoms with Crippen molar-refractivity contribution >= 4 is 34.4 Å². The maximum atomic E-state index is 8.92. The molecule has 0 rings (SSSR count). The lowest BCUT2D eigenvalue weighted by atomic mass is 10.4. The molecule has 0 spiro atoms. The summed E-state index contributed by atoms with van der Waals surface area (Å²) in [6.07, 6.45) is 0. The predicted molar refractivity (Wildman–Crippen MR) is 100 cm³/mol. The van der Waals surface area contributed by atoms with Crippen molar-refractivity contribution in [1.82, 2.24) is 14.7 Å². The molecule has 0 atom stereocenters. The summed E-state index contributed by atoms with van der Waals surface area (Å²) in [5.74, 6) is 0. The van der Waals surface area contributed by atoms with E-state index >= 15 is 0 Å². The van der Waals surface area contributed by atoms with E-state index in [1.165, 1.54) is 4.90 Å². The Bertz CT molecular complexity index is 363. The van der Waals surface area contributed by atoms with Crippen molar-refractivity contribution in [1.29, 1.82) is 0 Å². The van der Waals surface area contributed by atoms with E-state index in [1.54, 1.807) is 16.8 Å². The fraction of sp³-hybridized carbons (Fsp3) is 1.00. The molecule has 15 nitrogen and oxygen atoms in total. The van der Waals surface area contributed by atoms with Gasteiger partial charge in [-0.05, 0) is 7.05 Å². The third-order valence-electron chi connectivity index (χ3n) is 2.99. The molecule has 0 fully saturated rings. The summed E-state index contributed by atoms with van der Waals surface area (Å²) in [5.41, 5.74) is 0. The van der Waals surface area contributed by atoms with E-state index in [2.05, 4.69) is 13.6 Å². The van der Waals surface area contributed by atoms with E-state index < -0.39 is 34.4 Å². The molecule has 0 aromatic rings. The second-order valence-corrected chi connectivity index (χ2v) is 8.19. The zero-order valence-electron chi connectivity index (χ0n) is 15.0. The van der Waals surface area contributed by atoms with Gasteiger partial charge >= 0.3 is 34.4 Å². The van der Waals surface area contributed by atoms with Crippen molar-refractivity contribution in [2.75, 3.05) is 60.1 Å². The minimum Gasteiger partial charge on any atom is -0.328 e. The van der Waals surface area contributed by atoms with Gasteiger partial charge in [0.05, 0.1) is 0 Å². The molecule has 19 heteroatoms. The third kappa shape index (κ3) is 19.1. The Morgan fingerprint density at radius 2 is 0.821 bits per heavy atom. The van der Waals surface area contributed by atoms with Crippen LogP contribution in [-0.2, 0) is 18.1 Å². The van der Waals surface area contributed by atoms with Gasteiger partial charge in [0.15, 0.2) is 0 Å². The lowest BCUT2D eigenvalue weighted by molar-refractivity contribution is 0.0226. The van der Waals surface area contributed by atoms with Crippen LogP contribution >= 0.6 is 34.4 Å². The molecule has 0 aliphatic heterocycles. The molecule has 8 N–H and O–H groups in total. The second kappa shape index (κ2) is 17.8. The molecule has 0 aliphatic rings. The van der Waals surface area contributed by atoms with Gasteiger partial charge in [0.1, 0.15) is 26.9 Å². The predicted octanol–water partition coefficient (Wildman–Crippen LogP) is -1.74. The van der Waals surface area contributed by atoms with Crippen LogP contribution in [0.5, 0.6) is 0 Å². The maximum absolute atomic E-state index is 8.92. The van der Waals surface area contributed by atoms with Gasteiger partial charge in [0.2, 0.25) is 0 Å². The highest BCUT2D eigenvalue weighted by atomic mass is 31.2. The van der Waals surface area contributed by atoms with Crippen molar-refractivity contribution in [3.05, 3.63) is 0 Å². The normalized spacial score (nSPS) is 12.9. The minimum atomic E-state index is -2.60. The van der Waals surface area contributed by atoms with Crippen LogP contribution < -0.4 is 0 Å². The Morgan fingerprint density at radius 1 is 0.500 bits per heavy atom. The zero-order chi connectivity index (χ0) is 21.5. The van der Waals surface area contributed by atoms with Gasteiger partial charge in [-0.3, -0.25) is 32.8 Å². The van der Waals surface area contributed by atoms with Crippen molar-refractivity contribution in [3.63, 3.8) is 0 Å². The average Bonchev–Trinajstić information content (AvgIpc) is 2.59. The van der Waals surface area contributed by atoms with Gasteiger partial charge < -0.3 is 39.1 Å². The van der Waals surface area contributed by atoms with Gasteiger partial charge in [-0.2, -0.15) is 0 Å². The van der Waals surface area contributed by atoms with E-state index in [9.17, 15) is 0 Å². The molecule has 0 heterocycles. The quantitative estimate of drug-likeness (QED) is 0.0788. The summed E-state index contributed by atoms with van der Waals surface area (Å²) in [5, 5.41) is 0. The van der Waals surface area contributed by atoms with Gasteiger partial charge in [-0.25, -0.2) is 0 Å². The molecule has 28 heavy (non-hydrogen) atoms. The maximum Gasteiger partial charge on any atom is 0.328 e. The SMILES string of the molecule is CN(CCN(CCN(COP(O)O)COP(O)O)COP(O)O)COP(O)O. The Balaban J connectivity index is 4.55. The first-order valence-electron chi connectivity index (χ1n) is 7.46. The summed E-state index contributed by atoms with van der Waals surface area (Å²) >= 11 is 0. The molecule has 0 saturated carbocycles. The van der Waals surface area contributed by atoms with Gasteiger partial charge in [-0.1, -0.05) is 0 Å². The summed E-state index contributed by atoms with van der Waals surface area (Å²) in [6.45, 7) is 0.597. The molecule has 0 unspecified atom stereocenters. The molecule has 0 saturated heterocycles. The van der Waals surface area contributed by atoms with E-state index in [-0.39, 0.29) is 40.0 Å². The fourth-order valence-electron chi connectivity index (χ4n) is 1.62. The van der Waals surface area contributed by atoms with Gasteiger partial charge in [0.25, 0.3) is 0 Å². The number of hydrogen-bond acceptors (Lipinski definition) is 15. The highest BCUT2D eigenvalue weighted by molar-refractivity contribution is 7.40.